The van der Waals surface area contributed by atoms with Gasteiger partial charge in [0, 0.05) is 17.8 Å². The quantitative estimate of drug-likeness (QED) is 0.618. The number of rotatable bonds is 3. The lowest BCUT2D eigenvalue weighted by molar-refractivity contribution is -0.117. The maximum Gasteiger partial charge on any atom is 0.340 e. The SMILES string of the molecule is COC(=O)c1cc(C)sc1N1CC(S(=O)(=O)F)CC1=O. The first-order valence-electron chi connectivity index (χ1n) is 5.66. The summed E-state index contributed by atoms with van der Waals surface area (Å²) in [6, 6.07) is 1.55. The molecule has 0 saturated carbocycles. The Kier molecular flexibility index (Phi) is 3.83. The predicted molar refractivity (Wildman–Crippen MR) is 71.2 cm³/mol. The number of hydrogen-bond donors (Lipinski definition) is 0. The van der Waals surface area contributed by atoms with Crippen LogP contribution in [0, 0.1) is 6.92 Å². The molecule has 0 aliphatic carbocycles. The molecule has 9 heteroatoms. The molecule has 1 aromatic heterocycles. The van der Waals surface area contributed by atoms with Crippen molar-refractivity contribution in [2.75, 3.05) is 18.6 Å². The van der Waals surface area contributed by atoms with Gasteiger partial charge in [0.25, 0.3) is 0 Å². The monoisotopic (exact) mass is 321 g/mol. The van der Waals surface area contributed by atoms with E-state index in [0.29, 0.717) is 5.00 Å². The molecular formula is C11H12FNO5S2. The predicted octanol–water partition coefficient (Wildman–Crippen LogP) is 1.25. The minimum atomic E-state index is -4.78. The Balaban J connectivity index is 2.38. The number of amides is 1. The average molecular weight is 321 g/mol. The average Bonchev–Trinajstić information content (AvgIpc) is 2.90. The molecule has 1 fully saturated rings. The van der Waals surface area contributed by atoms with Crippen molar-refractivity contribution in [1.82, 2.24) is 0 Å². The van der Waals surface area contributed by atoms with Gasteiger partial charge in [0.05, 0.1) is 12.7 Å². The number of halogens is 1. The zero-order chi connectivity index (χ0) is 15.1. The molecule has 2 heterocycles. The zero-order valence-electron chi connectivity index (χ0n) is 10.8. The number of anilines is 1. The van der Waals surface area contributed by atoms with E-state index in [1.807, 2.05) is 0 Å². The summed E-state index contributed by atoms with van der Waals surface area (Å²) < 4.78 is 39.4. The van der Waals surface area contributed by atoms with Crippen LogP contribution in [0.5, 0.6) is 0 Å². The number of esters is 1. The Morgan fingerprint density at radius 3 is 2.70 bits per heavy atom. The molecule has 20 heavy (non-hydrogen) atoms. The smallest absolute Gasteiger partial charge is 0.340 e. The second kappa shape index (κ2) is 5.13. The number of carbonyl (C=O) groups is 2. The standard InChI is InChI=1S/C11H12FNO5S2/c1-6-3-8(11(15)18-2)10(19-6)13-5-7(4-9(13)14)20(12,16)17/h3,7H,4-5H2,1-2H3. The van der Waals surface area contributed by atoms with E-state index in [9.17, 15) is 21.9 Å². The number of thiophene rings is 1. The largest absolute Gasteiger partial charge is 0.465 e. The van der Waals surface area contributed by atoms with Crippen molar-refractivity contribution in [2.45, 2.75) is 18.6 Å². The van der Waals surface area contributed by atoms with Crippen LogP contribution in [0.3, 0.4) is 0 Å². The summed E-state index contributed by atoms with van der Waals surface area (Å²) >= 11 is 1.16. The van der Waals surface area contributed by atoms with E-state index in [4.69, 9.17) is 0 Å². The molecular weight excluding hydrogens is 309 g/mol. The van der Waals surface area contributed by atoms with Gasteiger partial charge in [0.1, 0.15) is 10.3 Å². The highest BCUT2D eigenvalue weighted by molar-refractivity contribution is 7.87. The summed E-state index contributed by atoms with van der Waals surface area (Å²) in [6.07, 6.45) is -0.420. The van der Waals surface area contributed by atoms with Crippen LogP contribution in [0.4, 0.5) is 8.89 Å². The lowest BCUT2D eigenvalue weighted by Gasteiger charge is -2.15. The van der Waals surface area contributed by atoms with E-state index >= 15 is 0 Å². The number of hydrogen-bond acceptors (Lipinski definition) is 6. The molecule has 110 valence electrons. The topological polar surface area (TPSA) is 80.8 Å². The van der Waals surface area contributed by atoms with Crippen molar-refractivity contribution in [2.24, 2.45) is 0 Å². The molecule has 1 saturated heterocycles. The Hall–Kier alpha value is -1.48. The minimum Gasteiger partial charge on any atom is -0.465 e. The summed E-state index contributed by atoms with van der Waals surface area (Å²) in [5, 5.41) is -1.09. The van der Waals surface area contributed by atoms with E-state index in [2.05, 4.69) is 4.74 Å². The molecule has 0 N–H and O–H groups in total. The van der Waals surface area contributed by atoms with Crippen LogP contribution in [0.1, 0.15) is 21.7 Å². The number of aryl methyl sites for hydroxylation is 1. The molecule has 1 aliphatic rings. The van der Waals surface area contributed by atoms with Gasteiger partial charge in [-0.25, -0.2) is 4.79 Å². The summed E-state index contributed by atoms with van der Waals surface area (Å²) in [5.41, 5.74) is 0.181. The van der Waals surface area contributed by atoms with Crippen molar-refractivity contribution in [3.8, 4) is 0 Å². The van der Waals surface area contributed by atoms with Gasteiger partial charge in [-0.3, -0.25) is 4.79 Å². The minimum absolute atomic E-state index is 0.181. The zero-order valence-corrected chi connectivity index (χ0v) is 12.4. The molecule has 0 aromatic carbocycles. The molecule has 1 aliphatic heterocycles. The normalized spacial score (nSPS) is 19.4. The van der Waals surface area contributed by atoms with Gasteiger partial charge in [0.15, 0.2) is 0 Å². The Labute approximate surface area is 119 Å². The fraction of sp³-hybridized carbons (Fsp3) is 0.455. The van der Waals surface area contributed by atoms with Crippen molar-refractivity contribution in [1.29, 1.82) is 0 Å². The lowest BCUT2D eigenvalue weighted by Crippen LogP contribution is -2.27. The molecule has 0 spiro atoms. The highest BCUT2D eigenvalue weighted by Gasteiger charge is 2.40. The van der Waals surface area contributed by atoms with Crippen LogP contribution in [0.15, 0.2) is 6.07 Å². The van der Waals surface area contributed by atoms with Gasteiger partial charge in [-0.1, -0.05) is 0 Å². The van der Waals surface area contributed by atoms with Crippen LogP contribution in [0.2, 0.25) is 0 Å². The van der Waals surface area contributed by atoms with Gasteiger partial charge in [-0.15, -0.1) is 15.2 Å². The Morgan fingerprint density at radius 1 is 1.55 bits per heavy atom. The third-order valence-electron chi connectivity index (χ3n) is 2.97. The molecule has 1 atom stereocenters. The number of carbonyl (C=O) groups excluding carboxylic acids is 2. The van der Waals surface area contributed by atoms with Crippen LogP contribution >= 0.6 is 11.3 Å². The van der Waals surface area contributed by atoms with Crippen LogP contribution < -0.4 is 4.90 Å². The van der Waals surface area contributed by atoms with E-state index in [1.165, 1.54) is 7.11 Å². The highest BCUT2D eigenvalue weighted by atomic mass is 32.3. The third kappa shape index (κ3) is 2.68. The van der Waals surface area contributed by atoms with Crippen molar-refractivity contribution >= 4 is 38.4 Å². The van der Waals surface area contributed by atoms with E-state index in [1.54, 1.807) is 13.0 Å². The second-order valence-electron chi connectivity index (χ2n) is 4.37. The lowest BCUT2D eigenvalue weighted by atomic mass is 10.3. The Bertz CT molecular complexity index is 666. The second-order valence-corrected chi connectivity index (χ2v) is 7.23. The van der Waals surface area contributed by atoms with Gasteiger partial charge in [-0.05, 0) is 13.0 Å². The number of nitrogens with zero attached hydrogens (tertiary/aromatic N) is 1. The van der Waals surface area contributed by atoms with Crippen LogP contribution in [0.25, 0.3) is 0 Å². The van der Waals surface area contributed by atoms with Gasteiger partial charge >= 0.3 is 16.2 Å². The van der Waals surface area contributed by atoms with E-state index < -0.39 is 33.8 Å². The van der Waals surface area contributed by atoms with Gasteiger partial charge < -0.3 is 9.64 Å². The fourth-order valence-corrected chi connectivity index (χ4v) is 3.71. The van der Waals surface area contributed by atoms with Crippen LogP contribution in [-0.2, 0) is 19.8 Å². The molecule has 6 nitrogen and oxygen atoms in total. The van der Waals surface area contributed by atoms with E-state index in [-0.39, 0.29) is 12.1 Å². The molecule has 0 bridgehead atoms. The summed E-state index contributed by atoms with van der Waals surface area (Å²) in [7, 11) is -3.57. The Morgan fingerprint density at radius 2 is 2.20 bits per heavy atom. The van der Waals surface area contributed by atoms with Crippen LogP contribution in [-0.4, -0.2) is 39.2 Å². The molecule has 0 radical (unpaired) electrons. The van der Waals surface area contributed by atoms with Crippen molar-refractivity contribution in [3.63, 3.8) is 0 Å². The first-order chi connectivity index (χ1) is 9.24. The van der Waals surface area contributed by atoms with Gasteiger partial charge in [-0.2, -0.15) is 8.42 Å². The summed E-state index contributed by atoms with van der Waals surface area (Å²) in [4.78, 5) is 25.4. The number of ether oxygens (including phenoxy) is 1. The summed E-state index contributed by atoms with van der Waals surface area (Å²) in [6.45, 7) is 1.45. The summed E-state index contributed by atoms with van der Waals surface area (Å²) in [5.74, 6) is -1.15. The highest BCUT2D eigenvalue weighted by Crippen LogP contribution is 2.35. The maximum absolute atomic E-state index is 13.0. The first kappa shape index (κ1) is 14.9. The molecule has 2 rings (SSSR count). The van der Waals surface area contributed by atoms with E-state index in [0.717, 1.165) is 21.1 Å². The maximum atomic E-state index is 13.0. The molecule has 1 amide bonds. The fourth-order valence-electron chi connectivity index (χ4n) is 2.02. The molecule has 1 unspecified atom stereocenters. The van der Waals surface area contributed by atoms with Gasteiger partial charge in [0.2, 0.25) is 5.91 Å². The first-order valence-corrected chi connectivity index (χ1v) is 7.93. The molecule has 1 aromatic rings. The number of methoxy groups -OCH3 is 1. The van der Waals surface area contributed by atoms with Crippen molar-refractivity contribution < 1.29 is 26.6 Å². The van der Waals surface area contributed by atoms with Crippen molar-refractivity contribution in [3.05, 3.63) is 16.5 Å². The third-order valence-corrected chi connectivity index (χ3v) is 5.16.